The Hall–Kier alpha value is -1.15. The average Bonchev–Trinajstić information content (AvgIpc) is 2.75. The minimum atomic E-state index is -3.32. The number of hydrogen-bond donors (Lipinski definition) is 1. The number of carbonyl (C=O) groups is 2. The van der Waals surface area contributed by atoms with Crippen molar-refractivity contribution in [3.63, 3.8) is 0 Å². The number of hydrogen-bond acceptors (Lipinski definition) is 6. The first-order valence-corrected chi connectivity index (χ1v) is 8.65. The van der Waals surface area contributed by atoms with Gasteiger partial charge in [-0.15, -0.1) is 0 Å². The highest BCUT2D eigenvalue weighted by atomic mass is 32.2. The standard InChI is InChI=1S/C13H22O7S/c1-4-20-12(16)13(11(14)15,7-9(2)19-3)10-5-6-21(17,18)8-10/h9-10H,4-8H2,1-3H3,(H,14,15). The molecule has 122 valence electrons. The molecule has 0 aromatic rings. The van der Waals surface area contributed by atoms with Crippen LogP contribution in [0.2, 0.25) is 0 Å². The molecule has 1 aliphatic rings. The second-order valence-electron chi connectivity index (χ2n) is 5.35. The Morgan fingerprint density at radius 1 is 1.43 bits per heavy atom. The number of esters is 1. The lowest BCUT2D eigenvalue weighted by atomic mass is 9.71. The SMILES string of the molecule is CCOC(=O)C(CC(C)OC)(C(=O)O)C1CCS(=O)(=O)C1. The molecule has 0 radical (unpaired) electrons. The molecule has 7 nitrogen and oxygen atoms in total. The normalized spacial score (nSPS) is 25.0. The molecule has 1 fully saturated rings. The predicted octanol–water partition coefficient (Wildman–Crippen LogP) is 0.480. The summed E-state index contributed by atoms with van der Waals surface area (Å²) in [5.41, 5.74) is -1.88. The number of carboxylic acid groups (broad SMARTS) is 1. The van der Waals surface area contributed by atoms with Crippen molar-refractivity contribution < 1.29 is 32.6 Å². The van der Waals surface area contributed by atoms with Crippen LogP contribution in [0.1, 0.15) is 26.7 Å². The van der Waals surface area contributed by atoms with Gasteiger partial charge in [0.25, 0.3) is 0 Å². The Labute approximate surface area is 124 Å². The second kappa shape index (κ2) is 6.74. The summed E-state index contributed by atoms with van der Waals surface area (Å²) in [5.74, 6) is -3.45. The molecule has 0 aliphatic carbocycles. The number of carboxylic acids is 1. The smallest absolute Gasteiger partial charge is 0.323 e. The van der Waals surface area contributed by atoms with Gasteiger partial charge in [-0.25, -0.2) is 8.42 Å². The first-order chi connectivity index (χ1) is 9.69. The molecule has 3 atom stereocenters. The van der Waals surface area contributed by atoms with Crippen molar-refractivity contribution in [1.82, 2.24) is 0 Å². The summed E-state index contributed by atoms with van der Waals surface area (Å²) in [5, 5.41) is 9.64. The van der Waals surface area contributed by atoms with Crippen molar-refractivity contribution in [1.29, 1.82) is 0 Å². The third kappa shape index (κ3) is 3.74. The molecule has 1 rings (SSSR count). The van der Waals surface area contributed by atoms with E-state index in [1.807, 2.05) is 0 Å². The molecule has 0 aromatic carbocycles. The average molecular weight is 322 g/mol. The monoisotopic (exact) mass is 322 g/mol. The Kier molecular flexibility index (Phi) is 5.75. The summed E-state index contributed by atoms with van der Waals surface area (Å²) in [6.45, 7) is 3.25. The molecule has 1 N–H and O–H groups in total. The van der Waals surface area contributed by atoms with Gasteiger partial charge in [0.15, 0.2) is 15.3 Å². The van der Waals surface area contributed by atoms with E-state index in [1.54, 1.807) is 13.8 Å². The van der Waals surface area contributed by atoms with Crippen molar-refractivity contribution in [2.45, 2.75) is 32.8 Å². The second-order valence-corrected chi connectivity index (χ2v) is 7.58. The van der Waals surface area contributed by atoms with E-state index in [9.17, 15) is 23.1 Å². The van der Waals surface area contributed by atoms with E-state index in [1.165, 1.54) is 7.11 Å². The van der Waals surface area contributed by atoms with Crippen LogP contribution in [0.25, 0.3) is 0 Å². The maximum atomic E-state index is 12.3. The Balaban J connectivity index is 3.24. The predicted molar refractivity (Wildman–Crippen MR) is 74.6 cm³/mol. The van der Waals surface area contributed by atoms with Gasteiger partial charge in [-0.3, -0.25) is 9.59 Å². The maximum absolute atomic E-state index is 12.3. The zero-order valence-electron chi connectivity index (χ0n) is 12.5. The third-order valence-corrected chi connectivity index (χ3v) is 5.73. The molecular weight excluding hydrogens is 300 g/mol. The Morgan fingerprint density at radius 2 is 2.05 bits per heavy atom. The van der Waals surface area contributed by atoms with Gasteiger partial charge in [0.1, 0.15) is 0 Å². The van der Waals surface area contributed by atoms with Crippen molar-refractivity contribution in [2.75, 3.05) is 25.2 Å². The summed E-state index contributed by atoms with van der Waals surface area (Å²) < 4.78 is 33.3. The zero-order valence-corrected chi connectivity index (χ0v) is 13.3. The summed E-state index contributed by atoms with van der Waals surface area (Å²) in [7, 11) is -1.90. The molecule has 0 amide bonds. The van der Waals surface area contributed by atoms with Crippen molar-refractivity contribution in [2.24, 2.45) is 11.3 Å². The van der Waals surface area contributed by atoms with Gasteiger partial charge < -0.3 is 14.6 Å². The molecule has 8 heteroatoms. The lowest BCUT2D eigenvalue weighted by Crippen LogP contribution is -2.49. The van der Waals surface area contributed by atoms with Crippen LogP contribution in [-0.2, 0) is 28.9 Å². The lowest BCUT2D eigenvalue weighted by molar-refractivity contribution is -0.175. The summed E-state index contributed by atoms with van der Waals surface area (Å²) in [4.78, 5) is 24.1. The van der Waals surface area contributed by atoms with E-state index in [-0.39, 0.29) is 31.0 Å². The highest BCUT2D eigenvalue weighted by Crippen LogP contribution is 2.42. The van der Waals surface area contributed by atoms with E-state index in [0.717, 1.165) is 0 Å². The minimum absolute atomic E-state index is 0.0364. The van der Waals surface area contributed by atoms with Gasteiger partial charge in [0.05, 0.1) is 24.2 Å². The third-order valence-electron chi connectivity index (χ3n) is 3.96. The first kappa shape index (κ1) is 17.9. The molecule has 0 spiro atoms. The molecule has 0 aromatic heterocycles. The number of sulfone groups is 1. The fourth-order valence-corrected chi connectivity index (χ4v) is 4.62. The van der Waals surface area contributed by atoms with E-state index in [0.29, 0.717) is 0 Å². The number of rotatable bonds is 7. The molecule has 0 bridgehead atoms. The topological polar surface area (TPSA) is 107 Å². The van der Waals surface area contributed by atoms with Crippen LogP contribution >= 0.6 is 0 Å². The molecular formula is C13H22O7S. The quantitative estimate of drug-likeness (QED) is 0.536. The van der Waals surface area contributed by atoms with Gasteiger partial charge in [0, 0.05) is 19.4 Å². The molecule has 0 saturated carbocycles. The van der Waals surface area contributed by atoms with Gasteiger partial charge in [-0.1, -0.05) is 0 Å². The van der Waals surface area contributed by atoms with Crippen molar-refractivity contribution in [3.05, 3.63) is 0 Å². The number of carbonyl (C=O) groups excluding carboxylic acids is 1. The van der Waals surface area contributed by atoms with E-state index < -0.39 is 39.2 Å². The molecule has 21 heavy (non-hydrogen) atoms. The molecule has 1 heterocycles. The fraction of sp³-hybridized carbons (Fsp3) is 0.846. The zero-order chi connectivity index (χ0) is 16.3. The van der Waals surface area contributed by atoms with Gasteiger partial charge >= 0.3 is 11.9 Å². The summed E-state index contributed by atoms with van der Waals surface area (Å²) in [6, 6.07) is 0. The minimum Gasteiger partial charge on any atom is -0.480 e. The maximum Gasteiger partial charge on any atom is 0.323 e. The number of ether oxygens (including phenoxy) is 2. The Morgan fingerprint density at radius 3 is 2.43 bits per heavy atom. The van der Waals surface area contributed by atoms with E-state index >= 15 is 0 Å². The van der Waals surface area contributed by atoms with Crippen LogP contribution in [-0.4, -0.2) is 56.8 Å². The summed E-state index contributed by atoms with van der Waals surface area (Å²) in [6.07, 6.45) is -0.476. The van der Waals surface area contributed by atoms with E-state index in [2.05, 4.69) is 0 Å². The van der Waals surface area contributed by atoms with Crippen LogP contribution in [0.15, 0.2) is 0 Å². The Bertz CT molecular complexity index is 499. The first-order valence-electron chi connectivity index (χ1n) is 6.83. The van der Waals surface area contributed by atoms with Crippen LogP contribution in [0.4, 0.5) is 0 Å². The van der Waals surface area contributed by atoms with Crippen molar-refractivity contribution in [3.8, 4) is 0 Å². The molecule has 3 unspecified atom stereocenters. The highest BCUT2D eigenvalue weighted by molar-refractivity contribution is 7.91. The summed E-state index contributed by atoms with van der Waals surface area (Å²) >= 11 is 0. The van der Waals surface area contributed by atoms with Crippen LogP contribution in [0, 0.1) is 11.3 Å². The fourth-order valence-electron chi connectivity index (χ4n) is 2.75. The van der Waals surface area contributed by atoms with Crippen LogP contribution in [0.3, 0.4) is 0 Å². The van der Waals surface area contributed by atoms with Crippen LogP contribution < -0.4 is 0 Å². The molecule has 1 aliphatic heterocycles. The molecule has 1 saturated heterocycles. The highest BCUT2D eigenvalue weighted by Gasteiger charge is 2.57. The van der Waals surface area contributed by atoms with Crippen molar-refractivity contribution >= 4 is 21.8 Å². The van der Waals surface area contributed by atoms with E-state index in [4.69, 9.17) is 9.47 Å². The number of methoxy groups -OCH3 is 1. The lowest BCUT2D eigenvalue weighted by Gasteiger charge is -2.33. The van der Waals surface area contributed by atoms with Crippen LogP contribution in [0.5, 0.6) is 0 Å². The number of aliphatic carboxylic acids is 1. The van der Waals surface area contributed by atoms with Gasteiger partial charge in [0.2, 0.25) is 0 Å². The van der Waals surface area contributed by atoms with Gasteiger partial charge in [-0.2, -0.15) is 0 Å². The largest absolute Gasteiger partial charge is 0.480 e. The van der Waals surface area contributed by atoms with Gasteiger partial charge in [-0.05, 0) is 20.3 Å².